The maximum absolute atomic E-state index is 12.4. The summed E-state index contributed by atoms with van der Waals surface area (Å²) in [5, 5.41) is 0. The Balaban J connectivity index is 1.87. The number of aryl methyl sites for hydroxylation is 1. The van der Waals surface area contributed by atoms with Gasteiger partial charge in [0.2, 0.25) is 0 Å². The maximum Gasteiger partial charge on any atom is 0.339 e. The summed E-state index contributed by atoms with van der Waals surface area (Å²) in [6.45, 7) is 4.06. The number of ether oxygens (including phenoxy) is 1. The fourth-order valence-electron chi connectivity index (χ4n) is 2.61. The summed E-state index contributed by atoms with van der Waals surface area (Å²) >= 11 is 0. The molecule has 0 amide bonds. The van der Waals surface area contributed by atoms with Crippen LogP contribution in [0, 0.1) is 13.8 Å². The van der Waals surface area contributed by atoms with Gasteiger partial charge in [0, 0.05) is 6.21 Å². The first-order valence-electron chi connectivity index (χ1n) is 8.68. The molecule has 0 heterocycles. The Labute approximate surface area is 165 Å². The number of aliphatic imine (C=N–C) groups is 1. The van der Waals surface area contributed by atoms with E-state index in [1.54, 1.807) is 42.6 Å². The van der Waals surface area contributed by atoms with Crippen molar-refractivity contribution in [1.82, 2.24) is 0 Å². The molecule has 3 aromatic rings. The molecule has 0 aliphatic rings. The van der Waals surface area contributed by atoms with Gasteiger partial charge in [-0.25, -0.2) is 0 Å². The van der Waals surface area contributed by atoms with Crippen LogP contribution < -0.4 is 8.92 Å². The molecule has 0 aromatic heterocycles. The van der Waals surface area contributed by atoms with Gasteiger partial charge in [-0.3, -0.25) is 4.99 Å². The van der Waals surface area contributed by atoms with Crippen LogP contribution in [-0.4, -0.2) is 21.7 Å². The van der Waals surface area contributed by atoms with Crippen LogP contribution in [0.2, 0.25) is 0 Å². The molecule has 5 nitrogen and oxygen atoms in total. The van der Waals surface area contributed by atoms with Crippen molar-refractivity contribution in [3.8, 4) is 11.5 Å². The van der Waals surface area contributed by atoms with Crippen molar-refractivity contribution in [3.63, 3.8) is 0 Å². The van der Waals surface area contributed by atoms with E-state index in [1.807, 2.05) is 32.0 Å². The van der Waals surface area contributed by atoms with Gasteiger partial charge in [0.25, 0.3) is 0 Å². The molecule has 0 aliphatic carbocycles. The van der Waals surface area contributed by atoms with Crippen LogP contribution in [-0.2, 0) is 10.1 Å². The normalized spacial score (nSPS) is 11.5. The topological polar surface area (TPSA) is 65.0 Å². The van der Waals surface area contributed by atoms with E-state index >= 15 is 0 Å². The Hall–Kier alpha value is -3.12. The Morgan fingerprint density at radius 2 is 1.64 bits per heavy atom. The van der Waals surface area contributed by atoms with Gasteiger partial charge in [-0.05, 0) is 66.9 Å². The van der Waals surface area contributed by atoms with Crippen LogP contribution in [0.15, 0.2) is 76.6 Å². The molecule has 0 N–H and O–H groups in total. The third-order valence-electron chi connectivity index (χ3n) is 4.35. The zero-order chi connectivity index (χ0) is 20.1. The summed E-state index contributed by atoms with van der Waals surface area (Å²) in [6.07, 6.45) is 1.71. The van der Waals surface area contributed by atoms with Gasteiger partial charge >= 0.3 is 10.1 Å². The molecule has 0 atom stereocenters. The molecule has 0 bridgehead atoms. The van der Waals surface area contributed by atoms with E-state index in [0.717, 1.165) is 16.8 Å². The minimum Gasteiger partial charge on any atom is -0.493 e. The first-order valence-corrected chi connectivity index (χ1v) is 10.1. The van der Waals surface area contributed by atoms with Gasteiger partial charge in [0.1, 0.15) is 4.90 Å². The standard InChI is InChI=1S/C22H21NO4S/c1-16-8-7-11-20(17(16)2)23-15-18-12-13-21(22(14-18)26-3)27-28(24,25)19-9-5-4-6-10-19/h4-15H,1-3H3. The molecule has 144 valence electrons. The third kappa shape index (κ3) is 4.40. The predicted molar refractivity (Wildman–Crippen MR) is 110 cm³/mol. The molecular weight excluding hydrogens is 374 g/mol. The summed E-state index contributed by atoms with van der Waals surface area (Å²) in [5.41, 5.74) is 3.93. The van der Waals surface area contributed by atoms with E-state index in [0.29, 0.717) is 5.75 Å². The number of benzene rings is 3. The van der Waals surface area contributed by atoms with E-state index in [1.165, 1.54) is 24.8 Å². The van der Waals surface area contributed by atoms with Gasteiger partial charge in [-0.15, -0.1) is 0 Å². The van der Waals surface area contributed by atoms with E-state index in [-0.39, 0.29) is 10.6 Å². The van der Waals surface area contributed by atoms with Crippen LogP contribution in [0.25, 0.3) is 0 Å². The molecule has 0 fully saturated rings. The Bertz CT molecular complexity index is 1110. The summed E-state index contributed by atoms with van der Waals surface area (Å²) in [6, 6.07) is 18.9. The quantitative estimate of drug-likeness (QED) is 0.443. The zero-order valence-electron chi connectivity index (χ0n) is 15.9. The van der Waals surface area contributed by atoms with Crippen LogP contribution in [0.5, 0.6) is 11.5 Å². The van der Waals surface area contributed by atoms with Crippen molar-refractivity contribution < 1.29 is 17.3 Å². The van der Waals surface area contributed by atoms with Gasteiger partial charge in [-0.1, -0.05) is 30.3 Å². The summed E-state index contributed by atoms with van der Waals surface area (Å²) in [7, 11) is -2.48. The molecule has 28 heavy (non-hydrogen) atoms. The van der Waals surface area contributed by atoms with Crippen molar-refractivity contribution in [1.29, 1.82) is 0 Å². The fourth-order valence-corrected chi connectivity index (χ4v) is 3.57. The van der Waals surface area contributed by atoms with Crippen molar-refractivity contribution >= 4 is 22.0 Å². The molecule has 0 unspecified atom stereocenters. The maximum atomic E-state index is 12.4. The molecule has 0 saturated carbocycles. The highest BCUT2D eigenvalue weighted by atomic mass is 32.2. The molecule has 0 saturated heterocycles. The minimum atomic E-state index is -3.94. The minimum absolute atomic E-state index is 0.0811. The highest BCUT2D eigenvalue weighted by molar-refractivity contribution is 7.87. The first-order chi connectivity index (χ1) is 13.4. The molecule has 0 aliphatic heterocycles. The monoisotopic (exact) mass is 395 g/mol. The highest BCUT2D eigenvalue weighted by Crippen LogP contribution is 2.31. The lowest BCUT2D eigenvalue weighted by atomic mass is 10.1. The average molecular weight is 395 g/mol. The van der Waals surface area contributed by atoms with Crippen LogP contribution >= 0.6 is 0 Å². The lowest BCUT2D eigenvalue weighted by molar-refractivity contribution is 0.390. The van der Waals surface area contributed by atoms with Crippen LogP contribution in [0.1, 0.15) is 16.7 Å². The molecule has 3 rings (SSSR count). The second-order valence-electron chi connectivity index (χ2n) is 6.24. The second kappa shape index (κ2) is 8.27. The van der Waals surface area contributed by atoms with Crippen LogP contribution in [0.4, 0.5) is 5.69 Å². The fraction of sp³-hybridized carbons (Fsp3) is 0.136. The van der Waals surface area contributed by atoms with Gasteiger partial charge < -0.3 is 8.92 Å². The van der Waals surface area contributed by atoms with E-state index in [9.17, 15) is 8.42 Å². The van der Waals surface area contributed by atoms with Gasteiger partial charge in [-0.2, -0.15) is 8.42 Å². The van der Waals surface area contributed by atoms with E-state index < -0.39 is 10.1 Å². The van der Waals surface area contributed by atoms with Gasteiger partial charge in [0.05, 0.1) is 12.8 Å². The molecule has 6 heteroatoms. The molecule has 0 spiro atoms. The summed E-state index contributed by atoms with van der Waals surface area (Å²) in [5.74, 6) is 0.430. The Morgan fingerprint density at radius 1 is 0.893 bits per heavy atom. The third-order valence-corrected chi connectivity index (χ3v) is 5.60. The lowest BCUT2D eigenvalue weighted by Crippen LogP contribution is -2.10. The number of methoxy groups -OCH3 is 1. The summed E-state index contributed by atoms with van der Waals surface area (Å²) in [4.78, 5) is 4.61. The second-order valence-corrected chi connectivity index (χ2v) is 7.78. The molecule has 0 radical (unpaired) electrons. The molecular formula is C22H21NO4S. The first kappa shape index (κ1) is 19.6. The van der Waals surface area contributed by atoms with E-state index in [4.69, 9.17) is 8.92 Å². The van der Waals surface area contributed by atoms with Crippen LogP contribution in [0.3, 0.4) is 0 Å². The van der Waals surface area contributed by atoms with Gasteiger partial charge in [0.15, 0.2) is 11.5 Å². The highest BCUT2D eigenvalue weighted by Gasteiger charge is 2.18. The smallest absolute Gasteiger partial charge is 0.339 e. The zero-order valence-corrected chi connectivity index (χ0v) is 16.7. The number of hydrogen-bond donors (Lipinski definition) is 0. The van der Waals surface area contributed by atoms with E-state index in [2.05, 4.69) is 4.99 Å². The van der Waals surface area contributed by atoms with Crippen molar-refractivity contribution in [2.75, 3.05) is 7.11 Å². The molecule has 3 aromatic carbocycles. The number of hydrogen-bond acceptors (Lipinski definition) is 5. The lowest BCUT2D eigenvalue weighted by Gasteiger charge is -2.11. The number of rotatable bonds is 6. The SMILES string of the molecule is COc1cc(C=Nc2cccc(C)c2C)ccc1OS(=O)(=O)c1ccccc1. The van der Waals surface area contributed by atoms with Crippen molar-refractivity contribution in [2.24, 2.45) is 4.99 Å². The Morgan fingerprint density at radius 3 is 2.36 bits per heavy atom. The average Bonchev–Trinajstić information content (AvgIpc) is 2.70. The Kier molecular flexibility index (Phi) is 5.80. The summed E-state index contributed by atoms with van der Waals surface area (Å²) < 4.78 is 35.4. The number of nitrogens with zero attached hydrogens (tertiary/aromatic N) is 1. The predicted octanol–water partition coefficient (Wildman–Crippen LogP) is 4.83. The van der Waals surface area contributed by atoms with Crippen molar-refractivity contribution in [2.45, 2.75) is 18.7 Å². The largest absolute Gasteiger partial charge is 0.493 e. The van der Waals surface area contributed by atoms with Crippen molar-refractivity contribution in [3.05, 3.63) is 83.4 Å².